The van der Waals surface area contributed by atoms with Crippen molar-refractivity contribution in [1.29, 1.82) is 0 Å². The molecule has 0 bridgehead atoms. The van der Waals surface area contributed by atoms with Gasteiger partial charge in [0.05, 0.1) is 11.2 Å². The Morgan fingerprint density at radius 2 is 1.31 bits per heavy atom. The normalized spacial score (nSPS) is 13.4. The third-order valence-electron chi connectivity index (χ3n) is 5.92. The van der Waals surface area contributed by atoms with Crippen LogP contribution in [0.5, 0.6) is 5.75 Å². The van der Waals surface area contributed by atoms with E-state index in [9.17, 15) is 19.8 Å². The van der Waals surface area contributed by atoms with E-state index in [0.29, 0.717) is 5.56 Å². The zero-order valence-electron chi connectivity index (χ0n) is 23.5. The van der Waals surface area contributed by atoms with Crippen molar-refractivity contribution in [2.75, 3.05) is 6.61 Å². The second-order valence-electron chi connectivity index (χ2n) is 11.6. The van der Waals surface area contributed by atoms with E-state index < -0.39 is 18.1 Å². The molecule has 0 unspecified atom stereocenters. The summed E-state index contributed by atoms with van der Waals surface area (Å²) in [6, 6.07) is 21.0. The minimum Gasteiger partial charge on any atom is -0.508 e. The number of aliphatic carboxylic acids is 1. The van der Waals surface area contributed by atoms with Gasteiger partial charge in [0.2, 0.25) is 0 Å². The van der Waals surface area contributed by atoms with Crippen LogP contribution in [0, 0.1) is 0 Å². The van der Waals surface area contributed by atoms with Crippen molar-refractivity contribution in [3.63, 3.8) is 0 Å². The maximum absolute atomic E-state index is 12.3. The number of carbonyl (C=O) groups excluding carboxylic acids is 1. The monoisotopic (exact) mass is 533 g/mol. The summed E-state index contributed by atoms with van der Waals surface area (Å²) in [5.41, 5.74) is 5.07. The Balaban J connectivity index is 0.000000403. The summed E-state index contributed by atoms with van der Waals surface area (Å²) in [7, 11) is 0. The van der Waals surface area contributed by atoms with Gasteiger partial charge in [-0.25, -0.2) is 9.59 Å². The van der Waals surface area contributed by atoms with Crippen LogP contribution < -0.4 is 5.32 Å². The number of carboxylic acids is 1. The molecule has 1 atom stereocenters. The summed E-state index contributed by atoms with van der Waals surface area (Å²) >= 11 is 0. The zero-order chi connectivity index (χ0) is 28.8. The van der Waals surface area contributed by atoms with Gasteiger partial charge in [-0.05, 0) is 81.5 Å². The van der Waals surface area contributed by atoms with Gasteiger partial charge in [0.25, 0.3) is 0 Å². The Kier molecular flexibility index (Phi) is 9.41. The topological polar surface area (TPSA) is 105 Å². The van der Waals surface area contributed by atoms with E-state index in [1.807, 2.05) is 48.5 Å². The molecular formula is C32H39NO6. The summed E-state index contributed by atoms with van der Waals surface area (Å²) in [5, 5.41) is 21.2. The highest BCUT2D eigenvalue weighted by molar-refractivity contribution is 5.81. The molecule has 0 saturated heterocycles. The molecule has 0 spiro atoms. The lowest BCUT2D eigenvalue weighted by Crippen LogP contribution is -2.42. The van der Waals surface area contributed by atoms with Crippen molar-refractivity contribution in [3.8, 4) is 16.9 Å². The molecule has 0 aromatic heterocycles. The van der Waals surface area contributed by atoms with Crippen LogP contribution in [-0.4, -0.2) is 46.1 Å². The van der Waals surface area contributed by atoms with Crippen LogP contribution in [0.25, 0.3) is 11.1 Å². The van der Waals surface area contributed by atoms with Crippen LogP contribution in [0.4, 0.5) is 4.79 Å². The number of fused-ring (bicyclic) bond motifs is 3. The quantitative estimate of drug-likeness (QED) is 0.333. The van der Waals surface area contributed by atoms with Gasteiger partial charge < -0.3 is 25.0 Å². The van der Waals surface area contributed by atoms with Crippen LogP contribution >= 0.6 is 0 Å². The zero-order valence-corrected chi connectivity index (χ0v) is 23.5. The summed E-state index contributed by atoms with van der Waals surface area (Å²) in [5.74, 6) is -1.16. The molecule has 0 aliphatic heterocycles. The molecular weight excluding hydrogens is 494 g/mol. The molecule has 0 heterocycles. The third kappa shape index (κ3) is 8.86. The van der Waals surface area contributed by atoms with Crippen LogP contribution in [-0.2, 0) is 20.7 Å². The lowest BCUT2D eigenvalue weighted by atomic mass is 9.98. The molecule has 1 amide bonds. The Morgan fingerprint density at radius 3 is 1.74 bits per heavy atom. The van der Waals surface area contributed by atoms with Crippen molar-refractivity contribution in [2.24, 2.45) is 0 Å². The fourth-order valence-corrected chi connectivity index (χ4v) is 4.77. The molecule has 7 nitrogen and oxygen atoms in total. The second-order valence-corrected chi connectivity index (χ2v) is 11.6. The Bertz CT molecular complexity index is 1210. The van der Waals surface area contributed by atoms with E-state index in [1.54, 1.807) is 12.1 Å². The first-order valence-corrected chi connectivity index (χ1v) is 13.1. The van der Waals surface area contributed by atoms with Crippen molar-refractivity contribution in [3.05, 3.63) is 89.5 Å². The van der Waals surface area contributed by atoms with Crippen molar-refractivity contribution in [1.82, 2.24) is 5.32 Å². The molecule has 39 heavy (non-hydrogen) atoms. The van der Waals surface area contributed by atoms with Crippen LogP contribution in [0.1, 0.15) is 64.2 Å². The van der Waals surface area contributed by atoms with Crippen molar-refractivity contribution in [2.45, 2.75) is 71.1 Å². The maximum Gasteiger partial charge on any atom is 0.407 e. The third-order valence-corrected chi connectivity index (χ3v) is 5.92. The largest absolute Gasteiger partial charge is 0.508 e. The highest BCUT2D eigenvalue weighted by Gasteiger charge is 2.30. The van der Waals surface area contributed by atoms with E-state index >= 15 is 0 Å². The fraction of sp³-hybridized carbons (Fsp3) is 0.375. The summed E-state index contributed by atoms with van der Waals surface area (Å²) in [6.45, 7) is 12.5. The van der Waals surface area contributed by atoms with Crippen LogP contribution in [0.2, 0.25) is 0 Å². The van der Waals surface area contributed by atoms with E-state index in [-0.39, 0.29) is 35.9 Å². The van der Waals surface area contributed by atoms with Gasteiger partial charge in [-0.3, -0.25) is 0 Å². The molecule has 0 radical (unpaired) electrons. The Hall–Kier alpha value is -3.84. The van der Waals surface area contributed by atoms with E-state index in [0.717, 1.165) is 22.3 Å². The smallest absolute Gasteiger partial charge is 0.407 e. The number of phenols is 1. The maximum atomic E-state index is 12.3. The average Bonchev–Trinajstić information content (AvgIpc) is 3.15. The molecule has 3 N–H and O–H groups in total. The summed E-state index contributed by atoms with van der Waals surface area (Å²) < 4.78 is 11.0. The number of phenolic OH excluding ortho intramolecular Hbond substituents is 1. The predicted octanol–water partition coefficient (Wildman–Crippen LogP) is 6.53. The number of rotatable bonds is 6. The molecule has 3 aromatic rings. The predicted molar refractivity (Wildman–Crippen MR) is 152 cm³/mol. The van der Waals surface area contributed by atoms with Crippen LogP contribution in [0.15, 0.2) is 72.8 Å². The first-order chi connectivity index (χ1) is 18.2. The first kappa shape index (κ1) is 29.7. The number of nitrogens with one attached hydrogen (secondary N) is 1. The summed E-state index contributed by atoms with van der Waals surface area (Å²) in [6.07, 6.45) is -0.692. The van der Waals surface area contributed by atoms with Crippen molar-refractivity contribution < 1.29 is 29.3 Å². The number of alkyl carbamates (subject to hydrolysis) is 1. The van der Waals surface area contributed by atoms with Crippen molar-refractivity contribution >= 4 is 12.1 Å². The standard InChI is InChI=1S/C24H21NO5.C8H18O/c26-16-11-9-15(10-12-16)13-22(23(27)28)25-24(29)30-14-21-19-7-3-1-5-17(19)18-6-2-4-8-20(18)21;1-7(2,3)9-8(4,5)6/h1-12,21-22,26H,13-14H2,(H,25,29)(H,27,28);1-6H3/t22-;/m1./s1. The first-order valence-electron chi connectivity index (χ1n) is 13.1. The van der Waals surface area contributed by atoms with Crippen LogP contribution in [0.3, 0.4) is 0 Å². The molecule has 1 aliphatic carbocycles. The molecule has 7 heteroatoms. The molecule has 0 saturated carbocycles. The van der Waals surface area contributed by atoms with Gasteiger partial charge in [0.15, 0.2) is 0 Å². The number of hydrogen-bond acceptors (Lipinski definition) is 5. The number of aromatic hydroxyl groups is 1. The molecule has 3 aromatic carbocycles. The highest BCUT2D eigenvalue weighted by atomic mass is 16.5. The Morgan fingerprint density at radius 1 is 0.821 bits per heavy atom. The number of benzene rings is 3. The number of hydrogen-bond donors (Lipinski definition) is 3. The molecule has 208 valence electrons. The number of amides is 1. The number of carbonyl (C=O) groups is 2. The number of ether oxygens (including phenoxy) is 2. The Labute approximate surface area is 230 Å². The average molecular weight is 534 g/mol. The molecule has 1 aliphatic rings. The van der Waals surface area contributed by atoms with Gasteiger partial charge in [0.1, 0.15) is 18.4 Å². The van der Waals surface area contributed by atoms with E-state index in [2.05, 4.69) is 46.9 Å². The fourth-order valence-electron chi connectivity index (χ4n) is 4.77. The molecule has 0 fully saturated rings. The molecule has 4 rings (SSSR count). The van der Waals surface area contributed by atoms with Gasteiger partial charge >= 0.3 is 12.1 Å². The summed E-state index contributed by atoms with van der Waals surface area (Å²) in [4.78, 5) is 23.9. The van der Waals surface area contributed by atoms with Gasteiger partial charge in [0, 0.05) is 12.3 Å². The lowest BCUT2D eigenvalue weighted by molar-refractivity contribution is -0.139. The number of carboxylic acid groups (broad SMARTS) is 1. The van der Waals surface area contributed by atoms with Gasteiger partial charge in [-0.1, -0.05) is 60.7 Å². The minimum atomic E-state index is -1.16. The lowest BCUT2D eigenvalue weighted by Gasteiger charge is -2.30. The van der Waals surface area contributed by atoms with E-state index in [4.69, 9.17) is 9.47 Å². The SMILES string of the molecule is CC(C)(C)OC(C)(C)C.O=C(N[C@H](Cc1ccc(O)cc1)C(=O)O)OCC1c2ccccc2-c2ccccc21. The van der Waals surface area contributed by atoms with Gasteiger partial charge in [-0.15, -0.1) is 0 Å². The minimum absolute atomic E-state index is 0.0156. The van der Waals surface area contributed by atoms with Gasteiger partial charge in [-0.2, -0.15) is 0 Å². The second kappa shape index (κ2) is 12.3. The van der Waals surface area contributed by atoms with E-state index in [1.165, 1.54) is 12.1 Å². The highest BCUT2D eigenvalue weighted by Crippen LogP contribution is 2.44.